The molecule has 34 heavy (non-hydrogen) atoms. The van der Waals surface area contributed by atoms with E-state index in [1.165, 1.54) is 7.11 Å². The van der Waals surface area contributed by atoms with Gasteiger partial charge in [-0.1, -0.05) is 35.9 Å². The Morgan fingerprint density at radius 1 is 1.15 bits per heavy atom. The summed E-state index contributed by atoms with van der Waals surface area (Å²) in [5.74, 6) is -0.369. The number of hydrogen-bond acceptors (Lipinski definition) is 5. The number of aromatic nitrogens is 2. The second kappa shape index (κ2) is 10.8. The van der Waals surface area contributed by atoms with Crippen LogP contribution >= 0.6 is 11.6 Å². The molecular formula is C27H28ClN3O3. The van der Waals surface area contributed by atoms with Crippen LogP contribution in [0.5, 0.6) is 0 Å². The summed E-state index contributed by atoms with van der Waals surface area (Å²) in [6.07, 6.45) is 3.67. The van der Waals surface area contributed by atoms with Crippen molar-refractivity contribution in [1.82, 2.24) is 14.9 Å². The fraction of sp³-hybridized carbons (Fsp3) is 0.259. The van der Waals surface area contributed by atoms with Crippen LogP contribution in [-0.4, -0.2) is 40.3 Å². The van der Waals surface area contributed by atoms with Crippen molar-refractivity contribution in [2.75, 3.05) is 13.7 Å². The lowest BCUT2D eigenvalue weighted by Crippen LogP contribution is -2.32. The van der Waals surface area contributed by atoms with Gasteiger partial charge in [-0.15, -0.1) is 0 Å². The standard InChI is InChI=1S/C27H28ClN3O3/c1-18(30-16-26(32)21-6-3-7-23(28)13-21)11-19-8-9-24-22(12-19)14-25(27(33)34-2)31(24)17-20-5-4-10-29-15-20/h3-10,12-15,18,26,30,32H,11,16-17H2,1-2H3. The number of carbonyl (C=O) groups is 1. The molecule has 2 unspecified atom stereocenters. The third-order valence-electron chi connectivity index (χ3n) is 5.86. The lowest BCUT2D eigenvalue weighted by molar-refractivity contribution is 0.0589. The number of pyridine rings is 1. The molecule has 0 amide bonds. The van der Waals surface area contributed by atoms with E-state index in [2.05, 4.69) is 29.4 Å². The summed E-state index contributed by atoms with van der Waals surface area (Å²) in [6, 6.07) is 19.4. The van der Waals surface area contributed by atoms with Gasteiger partial charge < -0.3 is 19.7 Å². The lowest BCUT2D eigenvalue weighted by Gasteiger charge is -2.18. The first-order valence-electron chi connectivity index (χ1n) is 11.2. The fourth-order valence-corrected chi connectivity index (χ4v) is 4.33. The van der Waals surface area contributed by atoms with Crippen LogP contribution in [0.1, 0.15) is 40.2 Å². The van der Waals surface area contributed by atoms with Gasteiger partial charge in [0.1, 0.15) is 5.69 Å². The molecule has 6 nitrogen and oxygen atoms in total. The molecule has 0 fully saturated rings. The van der Waals surface area contributed by atoms with Crippen LogP contribution < -0.4 is 5.32 Å². The minimum Gasteiger partial charge on any atom is -0.464 e. The number of carbonyl (C=O) groups excluding carboxylic acids is 1. The van der Waals surface area contributed by atoms with E-state index in [4.69, 9.17) is 16.3 Å². The van der Waals surface area contributed by atoms with Gasteiger partial charge >= 0.3 is 5.97 Å². The molecule has 4 rings (SSSR count). The van der Waals surface area contributed by atoms with Gasteiger partial charge in [0.2, 0.25) is 0 Å². The molecule has 0 aliphatic rings. The second-order valence-electron chi connectivity index (χ2n) is 8.45. The predicted molar refractivity (Wildman–Crippen MR) is 134 cm³/mol. The molecule has 4 aromatic rings. The third kappa shape index (κ3) is 5.65. The summed E-state index contributed by atoms with van der Waals surface area (Å²) in [4.78, 5) is 16.6. The Balaban J connectivity index is 1.48. The molecule has 2 heterocycles. The van der Waals surface area contributed by atoms with Crippen LogP contribution in [0, 0.1) is 0 Å². The normalized spacial score (nSPS) is 13.1. The molecule has 0 saturated carbocycles. The van der Waals surface area contributed by atoms with Gasteiger partial charge in [-0.3, -0.25) is 4.98 Å². The van der Waals surface area contributed by atoms with Gasteiger partial charge in [-0.2, -0.15) is 0 Å². The molecule has 0 spiro atoms. The average Bonchev–Trinajstić information content (AvgIpc) is 3.20. The molecule has 176 valence electrons. The number of nitrogens with zero attached hydrogens (tertiary/aromatic N) is 2. The van der Waals surface area contributed by atoms with Crippen molar-refractivity contribution in [3.63, 3.8) is 0 Å². The molecule has 2 aromatic heterocycles. The van der Waals surface area contributed by atoms with Gasteiger partial charge in [0.15, 0.2) is 0 Å². The van der Waals surface area contributed by atoms with Gasteiger partial charge in [-0.05, 0) is 66.4 Å². The maximum absolute atomic E-state index is 12.4. The molecule has 0 aliphatic carbocycles. The Bertz CT molecular complexity index is 1270. The van der Waals surface area contributed by atoms with Crippen molar-refractivity contribution >= 4 is 28.5 Å². The molecule has 7 heteroatoms. The smallest absolute Gasteiger partial charge is 0.354 e. The summed E-state index contributed by atoms with van der Waals surface area (Å²) in [6.45, 7) is 3.04. The lowest BCUT2D eigenvalue weighted by atomic mass is 10.0. The van der Waals surface area contributed by atoms with Crippen molar-refractivity contribution in [3.8, 4) is 0 Å². The summed E-state index contributed by atoms with van der Waals surface area (Å²) < 4.78 is 6.98. The summed E-state index contributed by atoms with van der Waals surface area (Å²) in [5.41, 5.74) is 4.41. The number of fused-ring (bicyclic) bond motifs is 1. The van der Waals surface area contributed by atoms with Crippen molar-refractivity contribution in [2.24, 2.45) is 0 Å². The monoisotopic (exact) mass is 477 g/mol. The molecule has 0 aliphatic heterocycles. The Kier molecular flexibility index (Phi) is 7.63. The molecule has 2 N–H and O–H groups in total. The van der Waals surface area contributed by atoms with Gasteiger partial charge in [0.25, 0.3) is 0 Å². The number of ether oxygens (including phenoxy) is 1. The van der Waals surface area contributed by atoms with Crippen molar-refractivity contribution < 1.29 is 14.6 Å². The number of nitrogens with one attached hydrogen (secondary N) is 1. The van der Waals surface area contributed by atoms with Crippen molar-refractivity contribution in [2.45, 2.75) is 32.0 Å². The molecule has 0 bridgehead atoms. The number of benzene rings is 2. The summed E-state index contributed by atoms with van der Waals surface area (Å²) >= 11 is 6.03. The van der Waals surface area contributed by atoms with Crippen LogP contribution in [0.4, 0.5) is 0 Å². The second-order valence-corrected chi connectivity index (χ2v) is 8.88. The summed E-state index contributed by atoms with van der Waals surface area (Å²) in [5, 5.41) is 15.4. The highest BCUT2D eigenvalue weighted by Gasteiger charge is 2.17. The molecule has 2 atom stereocenters. The Labute approximate surface area is 204 Å². The third-order valence-corrected chi connectivity index (χ3v) is 6.09. The largest absolute Gasteiger partial charge is 0.464 e. The van der Waals surface area contributed by atoms with Crippen LogP contribution in [0.2, 0.25) is 5.02 Å². The van der Waals surface area contributed by atoms with E-state index in [0.717, 1.165) is 34.0 Å². The van der Waals surface area contributed by atoms with E-state index in [1.807, 2.05) is 41.0 Å². The zero-order valence-corrected chi connectivity index (χ0v) is 20.0. The minimum absolute atomic E-state index is 0.142. The zero-order chi connectivity index (χ0) is 24.1. The molecular weight excluding hydrogens is 450 g/mol. The highest BCUT2D eigenvalue weighted by molar-refractivity contribution is 6.30. The number of rotatable bonds is 9. The Hall–Kier alpha value is -3.19. The number of hydrogen-bond donors (Lipinski definition) is 2. The topological polar surface area (TPSA) is 76.4 Å². The SMILES string of the molecule is COC(=O)c1cc2cc(CC(C)NCC(O)c3cccc(Cl)c3)ccc2n1Cc1cccnc1. The van der Waals surface area contributed by atoms with Gasteiger partial charge in [-0.25, -0.2) is 4.79 Å². The van der Waals surface area contributed by atoms with Gasteiger partial charge in [0.05, 0.1) is 13.2 Å². The molecule has 0 saturated heterocycles. The van der Waals surface area contributed by atoms with Crippen LogP contribution in [0.3, 0.4) is 0 Å². The highest BCUT2D eigenvalue weighted by Crippen LogP contribution is 2.24. The number of esters is 1. The van der Waals surface area contributed by atoms with Crippen LogP contribution in [0.25, 0.3) is 10.9 Å². The van der Waals surface area contributed by atoms with E-state index < -0.39 is 6.10 Å². The van der Waals surface area contributed by atoms with E-state index in [0.29, 0.717) is 23.8 Å². The Morgan fingerprint density at radius 2 is 2.00 bits per heavy atom. The molecule has 0 radical (unpaired) electrons. The molecule has 2 aromatic carbocycles. The van der Waals surface area contributed by atoms with Crippen LogP contribution in [0.15, 0.2) is 73.1 Å². The van der Waals surface area contributed by atoms with E-state index in [9.17, 15) is 9.90 Å². The fourth-order valence-electron chi connectivity index (χ4n) is 4.14. The average molecular weight is 478 g/mol. The minimum atomic E-state index is -0.632. The quantitative estimate of drug-likeness (QED) is 0.339. The van der Waals surface area contributed by atoms with E-state index in [-0.39, 0.29) is 12.0 Å². The zero-order valence-electron chi connectivity index (χ0n) is 19.2. The number of halogens is 1. The van der Waals surface area contributed by atoms with Crippen molar-refractivity contribution in [1.29, 1.82) is 0 Å². The van der Waals surface area contributed by atoms with E-state index >= 15 is 0 Å². The Morgan fingerprint density at radius 3 is 2.74 bits per heavy atom. The highest BCUT2D eigenvalue weighted by atomic mass is 35.5. The maximum Gasteiger partial charge on any atom is 0.354 e. The van der Waals surface area contributed by atoms with Crippen molar-refractivity contribution in [3.05, 3.63) is 100 Å². The number of aliphatic hydroxyl groups is 1. The summed E-state index contributed by atoms with van der Waals surface area (Å²) in [7, 11) is 1.39. The first-order chi connectivity index (χ1) is 16.4. The van der Waals surface area contributed by atoms with E-state index in [1.54, 1.807) is 24.5 Å². The first-order valence-corrected chi connectivity index (χ1v) is 11.6. The predicted octanol–water partition coefficient (Wildman–Crippen LogP) is 4.78. The maximum atomic E-state index is 12.4. The van der Waals surface area contributed by atoms with Gasteiger partial charge in [0, 0.05) is 47.5 Å². The number of aliphatic hydroxyl groups excluding tert-OH is 1. The number of methoxy groups -OCH3 is 1. The van der Waals surface area contributed by atoms with Crippen LogP contribution in [-0.2, 0) is 17.7 Å². The first kappa shape index (κ1) is 24.0.